The van der Waals surface area contributed by atoms with Gasteiger partial charge in [-0.15, -0.1) is 11.3 Å². The average molecular weight is 302 g/mol. The molecule has 0 saturated heterocycles. The fourth-order valence-electron chi connectivity index (χ4n) is 1.36. The number of thioether (sulfide) groups is 1. The molecule has 0 spiro atoms. The van der Waals surface area contributed by atoms with Gasteiger partial charge in [-0.25, -0.2) is 9.78 Å². The number of rotatable bonds is 7. The maximum absolute atomic E-state index is 10.9. The van der Waals surface area contributed by atoms with Crippen LogP contribution in [-0.4, -0.2) is 33.8 Å². The van der Waals surface area contributed by atoms with Gasteiger partial charge in [0, 0.05) is 29.7 Å². The molecule has 106 valence electrons. The lowest BCUT2D eigenvalue weighted by Gasteiger charge is -2.12. The molecule has 1 amide bonds. The molecule has 5 nitrogen and oxygen atoms in total. The fraction of sp³-hybridized carbons (Fsp3) is 0.583. The van der Waals surface area contributed by atoms with Crippen LogP contribution < -0.4 is 5.32 Å². The number of nitrogens with one attached hydrogen (secondary N) is 1. The molecule has 0 radical (unpaired) electrons. The lowest BCUT2D eigenvalue weighted by Crippen LogP contribution is -2.41. The topological polar surface area (TPSA) is 79.3 Å². The van der Waals surface area contributed by atoms with E-state index in [1.165, 1.54) is 18.7 Å². The minimum atomic E-state index is -1.01. The highest BCUT2D eigenvalue weighted by molar-refractivity contribution is 7.98. The Labute approximate surface area is 120 Å². The number of aromatic nitrogens is 1. The summed E-state index contributed by atoms with van der Waals surface area (Å²) in [4.78, 5) is 26.3. The Balaban J connectivity index is 2.42. The second-order valence-electron chi connectivity index (χ2n) is 4.44. The van der Waals surface area contributed by atoms with Crippen molar-refractivity contribution in [2.24, 2.45) is 0 Å². The zero-order chi connectivity index (χ0) is 14.4. The standard InChI is InChI=1S/C12H18N2O3S2/c1-7(2)11-14-9(5-19-11)4-18-6-10(12(16)17)13-8(3)15/h5,7,10H,4,6H2,1-3H3,(H,13,15)(H,16,17). The number of hydrogen-bond donors (Lipinski definition) is 2. The molecule has 1 atom stereocenters. The van der Waals surface area contributed by atoms with Crippen LogP contribution in [0.4, 0.5) is 0 Å². The lowest BCUT2D eigenvalue weighted by atomic mass is 10.2. The first kappa shape index (κ1) is 16.0. The van der Waals surface area contributed by atoms with Gasteiger partial charge in [0.25, 0.3) is 0 Å². The number of thiazole rings is 1. The van der Waals surface area contributed by atoms with Gasteiger partial charge in [-0.1, -0.05) is 13.8 Å². The van der Waals surface area contributed by atoms with Crippen LogP contribution in [0.5, 0.6) is 0 Å². The van der Waals surface area contributed by atoms with E-state index in [1.54, 1.807) is 11.3 Å². The molecule has 0 aliphatic rings. The number of carbonyl (C=O) groups is 2. The summed E-state index contributed by atoms with van der Waals surface area (Å²) in [5.74, 6) is 0.0678. The Bertz CT molecular complexity index is 446. The summed E-state index contributed by atoms with van der Waals surface area (Å²) >= 11 is 3.08. The van der Waals surface area contributed by atoms with E-state index in [9.17, 15) is 9.59 Å². The second-order valence-corrected chi connectivity index (χ2v) is 6.36. The highest BCUT2D eigenvalue weighted by Gasteiger charge is 2.18. The van der Waals surface area contributed by atoms with E-state index in [-0.39, 0.29) is 5.91 Å². The van der Waals surface area contributed by atoms with Gasteiger partial charge in [0.1, 0.15) is 6.04 Å². The SMILES string of the molecule is CC(=O)NC(CSCc1csc(C(C)C)n1)C(=O)O. The molecule has 0 aliphatic carbocycles. The highest BCUT2D eigenvalue weighted by Crippen LogP contribution is 2.22. The van der Waals surface area contributed by atoms with Crippen LogP contribution in [0.1, 0.15) is 37.4 Å². The third-order valence-corrected chi connectivity index (χ3v) is 4.54. The Morgan fingerprint density at radius 2 is 2.21 bits per heavy atom. The van der Waals surface area contributed by atoms with E-state index < -0.39 is 12.0 Å². The molecule has 1 heterocycles. The first-order valence-corrected chi connectivity index (χ1v) is 7.95. The summed E-state index contributed by atoms with van der Waals surface area (Å²) in [6.45, 7) is 5.50. The molecule has 0 fully saturated rings. The Morgan fingerprint density at radius 1 is 1.53 bits per heavy atom. The predicted molar refractivity (Wildman–Crippen MR) is 77.6 cm³/mol. The monoisotopic (exact) mass is 302 g/mol. The van der Waals surface area contributed by atoms with Gasteiger partial charge in [0.05, 0.1) is 10.7 Å². The molecule has 0 saturated carbocycles. The van der Waals surface area contributed by atoms with Crippen molar-refractivity contribution in [2.75, 3.05) is 5.75 Å². The van der Waals surface area contributed by atoms with Crippen LogP contribution in [0.2, 0.25) is 0 Å². The van der Waals surface area contributed by atoms with Crippen molar-refractivity contribution < 1.29 is 14.7 Å². The molecule has 0 aliphatic heterocycles. The van der Waals surface area contributed by atoms with E-state index in [4.69, 9.17) is 5.11 Å². The predicted octanol–water partition coefficient (Wildman–Crippen LogP) is 2.09. The Morgan fingerprint density at radius 3 is 2.68 bits per heavy atom. The van der Waals surface area contributed by atoms with Gasteiger partial charge in [0.15, 0.2) is 0 Å². The first-order chi connectivity index (χ1) is 8.90. The molecular weight excluding hydrogens is 284 g/mol. The van der Waals surface area contributed by atoms with Crippen molar-refractivity contribution in [1.29, 1.82) is 0 Å². The summed E-state index contributed by atoms with van der Waals surface area (Å²) in [6, 6.07) is -0.842. The molecule has 1 aromatic heterocycles. The third kappa shape index (κ3) is 5.61. The first-order valence-electron chi connectivity index (χ1n) is 5.92. The van der Waals surface area contributed by atoms with Gasteiger partial charge < -0.3 is 10.4 Å². The smallest absolute Gasteiger partial charge is 0.327 e. The Kier molecular flexibility index (Phi) is 6.30. The minimum Gasteiger partial charge on any atom is -0.480 e. The van der Waals surface area contributed by atoms with Crippen molar-refractivity contribution >= 4 is 35.0 Å². The van der Waals surface area contributed by atoms with Crippen molar-refractivity contribution in [2.45, 2.75) is 38.5 Å². The number of carboxylic acids is 1. The zero-order valence-corrected chi connectivity index (χ0v) is 12.8. The summed E-state index contributed by atoms with van der Waals surface area (Å²) in [7, 11) is 0. The summed E-state index contributed by atoms with van der Waals surface area (Å²) < 4.78 is 0. The van der Waals surface area contributed by atoms with Crippen LogP contribution in [0.3, 0.4) is 0 Å². The van der Waals surface area contributed by atoms with Crippen LogP contribution in [0, 0.1) is 0 Å². The molecule has 1 rings (SSSR count). The van der Waals surface area contributed by atoms with E-state index in [1.807, 2.05) is 5.38 Å². The number of carbonyl (C=O) groups excluding carboxylic acids is 1. The summed E-state index contributed by atoms with van der Waals surface area (Å²) in [6.07, 6.45) is 0. The molecule has 2 N–H and O–H groups in total. The van der Waals surface area contributed by atoms with E-state index in [2.05, 4.69) is 24.1 Å². The largest absolute Gasteiger partial charge is 0.480 e. The number of aliphatic carboxylic acids is 1. The van der Waals surface area contributed by atoms with E-state index >= 15 is 0 Å². The van der Waals surface area contributed by atoms with Gasteiger partial charge in [-0.3, -0.25) is 4.79 Å². The van der Waals surface area contributed by atoms with E-state index in [0.29, 0.717) is 17.4 Å². The molecule has 7 heteroatoms. The molecule has 0 bridgehead atoms. The third-order valence-electron chi connectivity index (χ3n) is 2.27. The maximum atomic E-state index is 10.9. The quantitative estimate of drug-likeness (QED) is 0.806. The maximum Gasteiger partial charge on any atom is 0.327 e. The van der Waals surface area contributed by atoms with Gasteiger partial charge in [-0.05, 0) is 0 Å². The van der Waals surface area contributed by atoms with Crippen molar-refractivity contribution in [3.63, 3.8) is 0 Å². The highest BCUT2D eigenvalue weighted by atomic mass is 32.2. The second kappa shape index (κ2) is 7.49. The van der Waals surface area contributed by atoms with Crippen LogP contribution >= 0.6 is 23.1 Å². The van der Waals surface area contributed by atoms with Crippen LogP contribution in [0.15, 0.2) is 5.38 Å². The minimum absolute atomic E-state index is 0.330. The zero-order valence-electron chi connectivity index (χ0n) is 11.2. The van der Waals surface area contributed by atoms with Gasteiger partial charge in [0.2, 0.25) is 5.91 Å². The molecule has 1 unspecified atom stereocenters. The van der Waals surface area contributed by atoms with Crippen LogP contribution in [-0.2, 0) is 15.3 Å². The average Bonchev–Trinajstić information content (AvgIpc) is 2.75. The van der Waals surface area contributed by atoms with Crippen molar-refractivity contribution in [3.8, 4) is 0 Å². The van der Waals surface area contributed by atoms with Crippen molar-refractivity contribution in [1.82, 2.24) is 10.3 Å². The normalized spacial score (nSPS) is 12.4. The van der Waals surface area contributed by atoms with Crippen molar-refractivity contribution in [3.05, 3.63) is 16.1 Å². The van der Waals surface area contributed by atoms with Gasteiger partial charge >= 0.3 is 5.97 Å². The molecular formula is C12H18N2O3S2. The molecule has 0 aromatic carbocycles. The Hall–Kier alpha value is -1.08. The van der Waals surface area contributed by atoms with E-state index in [0.717, 1.165) is 10.7 Å². The molecule has 19 heavy (non-hydrogen) atoms. The summed E-state index contributed by atoms with van der Waals surface area (Å²) in [5.41, 5.74) is 0.964. The van der Waals surface area contributed by atoms with Gasteiger partial charge in [-0.2, -0.15) is 11.8 Å². The molecule has 1 aromatic rings. The number of amides is 1. The fourth-order valence-corrected chi connectivity index (χ4v) is 3.23. The van der Waals surface area contributed by atoms with Crippen LogP contribution in [0.25, 0.3) is 0 Å². The number of carboxylic acid groups (broad SMARTS) is 1. The summed E-state index contributed by atoms with van der Waals surface area (Å²) in [5, 5.41) is 14.5. The number of hydrogen-bond acceptors (Lipinski definition) is 5. The lowest BCUT2D eigenvalue weighted by molar-refractivity contribution is -0.140. The number of nitrogens with zero attached hydrogens (tertiary/aromatic N) is 1.